The molecule has 0 saturated carbocycles. The lowest BCUT2D eigenvalue weighted by Gasteiger charge is -1.91. The molecule has 0 N–H and O–H groups in total. The fourth-order valence-electron chi connectivity index (χ4n) is 0.980. The van der Waals surface area contributed by atoms with Gasteiger partial charge in [0, 0.05) is 12.5 Å². The SMILES string of the molecule is CCC[n+]1cccc([C]=O)c1. The molecule has 2 heteroatoms. The topological polar surface area (TPSA) is 20.9 Å². The fraction of sp³-hybridized carbons (Fsp3) is 0.333. The molecule has 0 saturated heterocycles. The molecule has 11 heavy (non-hydrogen) atoms. The average Bonchev–Trinajstić information content (AvgIpc) is 2.06. The van der Waals surface area contributed by atoms with Crippen LogP contribution in [0.4, 0.5) is 0 Å². The number of nitrogens with zero attached hydrogens (tertiary/aromatic N) is 1. The lowest BCUT2D eigenvalue weighted by Crippen LogP contribution is -2.32. The van der Waals surface area contributed by atoms with Gasteiger partial charge in [-0.25, -0.2) is 4.57 Å². The largest absolute Gasteiger partial charge is 0.285 e. The van der Waals surface area contributed by atoms with Gasteiger partial charge in [0.1, 0.15) is 6.54 Å². The molecular weight excluding hydrogens is 138 g/mol. The summed E-state index contributed by atoms with van der Waals surface area (Å²) in [5.41, 5.74) is 0.612. The lowest BCUT2D eigenvalue weighted by atomic mass is 10.3. The van der Waals surface area contributed by atoms with Crippen LogP contribution in [-0.2, 0) is 11.3 Å². The number of aryl methyl sites for hydroxylation is 1. The van der Waals surface area contributed by atoms with E-state index in [0.717, 1.165) is 13.0 Å². The highest BCUT2D eigenvalue weighted by Gasteiger charge is 1.99. The molecule has 0 unspecified atom stereocenters. The van der Waals surface area contributed by atoms with Crippen LogP contribution in [0.15, 0.2) is 24.5 Å². The van der Waals surface area contributed by atoms with Gasteiger partial charge in [-0.3, -0.25) is 4.79 Å². The molecule has 57 valence electrons. The van der Waals surface area contributed by atoms with Gasteiger partial charge in [0.2, 0.25) is 6.29 Å². The molecule has 0 atom stereocenters. The highest BCUT2D eigenvalue weighted by Crippen LogP contribution is 1.88. The molecule has 0 fully saturated rings. The number of aromatic nitrogens is 1. The van der Waals surface area contributed by atoms with Crippen molar-refractivity contribution >= 4 is 6.29 Å². The zero-order valence-electron chi connectivity index (χ0n) is 6.58. The van der Waals surface area contributed by atoms with E-state index in [0.29, 0.717) is 5.56 Å². The molecule has 0 spiro atoms. The number of pyridine rings is 1. The second-order valence-corrected chi connectivity index (χ2v) is 2.43. The van der Waals surface area contributed by atoms with Crippen LogP contribution in [0.5, 0.6) is 0 Å². The Hall–Kier alpha value is -1.18. The van der Waals surface area contributed by atoms with E-state index in [1.807, 2.05) is 23.1 Å². The number of carbonyl (C=O) groups excluding carboxylic acids is 1. The summed E-state index contributed by atoms with van der Waals surface area (Å²) in [6.07, 6.45) is 6.68. The van der Waals surface area contributed by atoms with E-state index in [9.17, 15) is 4.79 Å². The zero-order valence-corrected chi connectivity index (χ0v) is 6.58. The van der Waals surface area contributed by atoms with Crippen molar-refractivity contribution in [1.82, 2.24) is 0 Å². The highest BCUT2D eigenvalue weighted by molar-refractivity contribution is 5.73. The maximum atomic E-state index is 10.2. The molecule has 1 rings (SSSR count). The van der Waals surface area contributed by atoms with Gasteiger partial charge in [0.25, 0.3) is 0 Å². The van der Waals surface area contributed by atoms with Crippen molar-refractivity contribution in [3.05, 3.63) is 30.1 Å². The second-order valence-electron chi connectivity index (χ2n) is 2.43. The van der Waals surface area contributed by atoms with Crippen LogP contribution in [0.3, 0.4) is 0 Å². The molecule has 1 heterocycles. The van der Waals surface area contributed by atoms with E-state index in [1.165, 1.54) is 0 Å². The molecule has 1 aromatic rings. The fourth-order valence-corrected chi connectivity index (χ4v) is 0.980. The van der Waals surface area contributed by atoms with Crippen LogP contribution >= 0.6 is 0 Å². The predicted octanol–water partition coefficient (Wildman–Crippen LogP) is 0.842. The Morgan fingerprint density at radius 3 is 3.09 bits per heavy atom. The van der Waals surface area contributed by atoms with Gasteiger partial charge in [-0.05, 0) is 6.07 Å². The van der Waals surface area contributed by atoms with Gasteiger partial charge in [-0.1, -0.05) is 6.92 Å². The first-order chi connectivity index (χ1) is 5.36. The summed E-state index contributed by atoms with van der Waals surface area (Å²) < 4.78 is 1.99. The van der Waals surface area contributed by atoms with Gasteiger partial charge >= 0.3 is 0 Å². The monoisotopic (exact) mass is 149 g/mol. The number of hydrogen-bond acceptors (Lipinski definition) is 1. The molecule has 2 nitrogen and oxygen atoms in total. The van der Waals surface area contributed by atoms with Crippen LogP contribution in [0.1, 0.15) is 18.9 Å². The predicted molar refractivity (Wildman–Crippen MR) is 41.7 cm³/mol. The number of hydrogen-bond donors (Lipinski definition) is 0. The van der Waals surface area contributed by atoms with Gasteiger partial charge in [-0.2, -0.15) is 0 Å². The van der Waals surface area contributed by atoms with Gasteiger partial charge in [0.05, 0.1) is 5.56 Å². The minimum Gasteiger partial charge on any atom is -0.285 e. The Labute approximate surface area is 66.5 Å². The molecule has 0 aliphatic carbocycles. The van der Waals surface area contributed by atoms with Crippen LogP contribution in [-0.4, -0.2) is 6.29 Å². The van der Waals surface area contributed by atoms with Gasteiger partial charge < -0.3 is 0 Å². The molecule has 0 aromatic carbocycles. The van der Waals surface area contributed by atoms with Crippen molar-refractivity contribution in [2.75, 3.05) is 0 Å². The van der Waals surface area contributed by atoms with Crippen molar-refractivity contribution in [1.29, 1.82) is 0 Å². The third-order valence-corrected chi connectivity index (χ3v) is 1.46. The van der Waals surface area contributed by atoms with Gasteiger partial charge in [0.15, 0.2) is 12.4 Å². The normalized spacial score (nSPS) is 9.55. The number of rotatable bonds is 3. The first-order valence-electron chi connectivity index (χ1n) is 3.74. The standard InChI is InChI=1S/C9H11NO/c1-2-5-10-6-3-4-9(7-10)8-11/h3-4,6-7H,2,5H2,1H3/q+1. The van der Waals surface area contributed by atoms with Crippen LogP contribution < -0.4 is 4.57 Å². The summed E-state index contributed by atoms with van der Waals surface area (Å²) in [5.74, 6) is 0. The van der Waals surface area contributed by atoms with E-state index in [1.54, 1.807) is 12.3 Å². The maximum absolute atomic E-state index is 10.2. The summed E-state index contributed by atoms with van der Waals surface area (Å²) in [5, 5.41) is 0. The van der Waals surface area contributed by atoms with Crippen LogP contribution in [0.25, 0.3) is 0 Å². The Morgan fingerprint density at radius 2 is 2.45 bits per heavy atom. The Bertz CT molecular complexity index is 245. The summed E-state index contributed by atoms with van der Waals surface area (Å²) in [6.45, 7) is 3.06. The first-order valence-corrected chi connectivity index (χ1v) is 3.74. The molecule has 1 radical (unpaired) electrons. The second kappa shape index (κ2) is 3.86. The third kappa shape index (κ3) is 2.15. The van der Waals surface area contributed by atoms with Crippen molar-refractivity contribution in [3.8, 4) is 0 Å². The Morgan fingerprint density at radius 1 is 1.64 bits per heavy atom. The van der Waals surface area contributed by atoms with E-state index >= 15 is 0 Å². The minimum absolute atomic E-state index is 0.612. The highest BCUT2D eigenvalue weighted by atomic mass is 16.1. The summed E-state index contributed by atoms with van der Waals surface area (Å²) >= 11 is 0. The lowest BCUT2D eigenvalue weighted by molar-refractivity contribution is -0.697. The van der Waals surface area contributed by atoms with Crippen LogP contribution in [0, 0.1) is 0 Å². The zero-order chi connectivity index (χ0) is 8.10. The van der Waals surface area contributed by atoms with Crippen molar-refractivity contribution in [2.24, 2.45) is 0 Å². The Kier molecular flexibility index (Phi) is 2.78. The summed E-state index contributed by atoms with van der Waals surface area (Å²) in [4.78, 5) is 10.2. The molecule has 0 aliphatic rings. The molecular formula is C9H11NO+. The molecule has 0 aliphatic heterocycles. The average molecular weight is 149 g/mol. The van der Waals surface area contributed by atoms with E-state index in [4.69, 9.17) is 0 Å². The van der Waals surface area contributed by atoms with Crippen molar-refractivity contribution in [3.63, 3.8) is 0 Å². The third-order valence-electron chi connectivity index (χ3n) is 1.46. The maximum Gasteiger partial charge on any atom is 0.239 e. The van der Waals surface area contributed by atoms with E-state index < -0.39 is 0 Å². The van der Waals surface area contributed by atoms with E-state index in [-0.39, 0.29) is 0 Å². The smallest absolute Gasteiger partial charge is 0.239 e. The van der Waals surface area contributed by atoms with Crippen molar-refractivity contribution < 1.29 is 9.36 Å². The molecule has 1 aromatic heterocycles. The minimum atomic E-state index is 0.612. The quantitative estimate of drug-likeness (QED) is 0.583. The van der Waals surface area contributed by atoms with E-state index in [2.05, 4.69) is 6.92 Å². The summed E-state index contributed by atoms with van der Waals surface area (Å²) in [6, 6.07) is 3.61. The van der Waals surface area contributed by atoms with Crippen LogP contribution in [0.2, 0.25) is 0 Å². The summed E-state index contributed by atoms with van der Waals surface area (Å²) in [7, 11) is 0. The molecule has 0 bridgehead atoms. The van der Waals surface area contributed by atoms with Gasteiger partial charge in [-0.15, -0.1) is 0 Å². The van der Waals surface area contributed by atoms with Crippen molar-refractivity contribution in [2.45, 2.75) is 19.9 Å². The Balaban J connectivity index is 2.82. The first kappa shape index (κ1) is 7.92. The molecule has 0 amide bonds.